The van der Waals surface area contributed by atoms with Crippen molar-refractivity contribution in [3.63, 3.8) is 0 Å². The summed E-state index contributed by atoms with van der Waals surface area (Å²) in [5, 5.41) is 2.91. The molecule has 3 amide bonds. The molecule has 0 aliphatic heterocycles. The van der Waals surface area contributed by atoms with Crippen LogP contribution in [0.2, 0.25) is 0 Å². The highest BCUT2D eigenvalue weighted by Crippen LogP contribution is 2.17. The van der Waals surface area contributed by atoms with E-state index in [1.54, 1.807) is 4.90 Å². The molecule has 0 radical (unpaired) electrons. The molecule has 0 unspecified atom stereocenters. The van der Waals surface area contributed by atoms with Crippen LogP contribution in [0.5, 0.6) is 0 Å². The van der Waals surface area contributed by atoms with E-state index in [9.17, 15) is 9.59 Å². The van der Waals surface area contributed by atoms with Crippen molar-refractivity contribution in [3.05, 3.63) is 52.8 Å². The lowest BCUT2D eigenvalue weighted by molar-refractivity contribution is -0.132. The van der Waals surface area contributed by atoms with Crippen LogP contribution in [0, 0.1) is 5.92 Å². The second-order valence-corrected chi connectivity index (χ2v) is 8.91. The number of nitrogens with zero attached hydrogens (tertiary/aromatic N) is 3. The van der Waals surface area contributed by atoms with Gasteiger partial charge < -0.3 is 19.7 Å². The molecule has 2 rings (SSSR count). The van der Waals surface area contributed by atoms with Gasteiger partial charge in [0, 0.05) is 42.2 Å². The van der Waals surface area contributed by atoms with Gasteiger partial charge in [-0.05, 0) is 42.7 Å². The molecular weight excluding hydrogens is 444 g/mol. The molecule has 0 spiro atoms. The third-order valence-electron chi connectivity index (χ3n) is 4.81. The van der Waals surface area contributed by atoms with Gasteiger partial charge in [0.05, 0.1) is 6.54 Å². The molecule has 0 saturated carbocycles. The predicted octanol–water partition coefficient (Wildman–Crippen LogP) is 5.11. The lowest BCUT2D eigenvalue weighted by Crippen LogP contribution is -2.46. The minimum absolute atomic E-state index is 0.0327. The molecule has 7 heteroatoms. The minimum Gasteiger partial charge on any atom is -0.353 e. The Morgan fingerprint density at radius 2 is 1.93 bits per heavy atom. The molecule has 1 N–H and O–H groups in total. The first-order valence-corrected chi connectivity index (χ1v) is 11.3. The molecule has 0 aliphatic rings. The maximum absolute atomic E-state index is 13.2. The van der Waals surface area contributed by atoms with Crippen LogP contribution in [0.25, 0.3) is 0 Å². The molecule has 30 heavy (non-hydrogen) atoms. The summed E-state index contributed by atoms with van der Waals surface area (Å²) in [7, 11) is 1.98. The summed E-state index contributed by atoms with van der Waals surface area (Å²) in [5.74, 6) is 0.220. The monoisotopic (exact) mass is 476 g/mol. The number of anilines is 1. The van der Waals surface area contributed by atoms with Crippen molar-refractivity contribution in [2.45, 2.75) is 40.2 Å². The standard InChI is InChI=1S/C23H33BrN4O2/c1-5-6-13-27(16-21-11-8-12-26(21)4)22(29)17-28(15-18(2)3)23(30)25-20-10-7-9-19(24)14-20/h7-12,14,18H,5-6,13,15-17H2,1-4H3,(H,25,30). The summed E-state index contributed by atoms with van der Waals surface area (Å²) >= 11 is 3.42. The van der Waals surface area contributed by atoms with Crippen LogP contribution in [0.1, 0.15) is 39.3 Å². The molecule has 0 fully saturated rings. The Bertz CT molecular complexity index is 834. The molecular formula is C23H33BrN4O2. The number of aromatic nitrogens is 1. The van der Waals surface area contributed by atoms with Crippen LogP contribution in [0.3, 0.4) is 0 Å². The Hall–Kier alpha value is -2.28. The highest BCUT2D eigenvalue weighted by atomic mass is 79.9. The Labute approximate surface area is 188 Å². The number of urea groups is 1. The van der Waals surface area contributed by atoms with E-state index in [4.69, 9.17) is 0 Å². The average molecular weight is 477 g/mol. The van der Waals surface area contributed by atoms with Gasteiger partial charge in [-0.15, -0.1) is 0 Å². The van der Waals surface area contributed by atoms with E-state index in [-0.39, 0.29) is 24.4 Å². The summed E-state index contributed by atoms with van der Waals surface area (Å²) in [6.07, 6.45) is 3.93. The largest absolute Gasteiger partial charge is 0.353 e. The fourth-order valence-electron chi connectivity index (χ4n) is 3.19. The SMILES string of the molecule is CCCCN(Cc1cccn1C)C(=O)CN(CC(C)C)C(=O)Nc1cccc(Br)c1. The third kappa shape index (κ3) is 7.52. The molecule has 164 valence electrons. The Morgan fingerprint density at radius 1 is 1.17 bits per heavy atom. The predicted molar refractivity (Wildman–Crippen MR) is 125 cm³/mol. The van der Waals surface area contributed by atoms with Crippen molar-refractivity contribution >= 4 is 33.6 Å². The Kier molecular flexibility index (Phi) is 9.43. The van der Waals surface area contributed by atoms with E-state index in [0.29, 0.717) is 25.3 Å². The Morgan fingerprint density at radius 3 is 2.53 bits per heavy atom. The van der Waals surface area contributed by atoms with Crippen LogP contribution < -0.4 is 5.32 Å². The number of carbonyl (C=O) groups excluding carboxylic acids is 2. The summed E-state index contributed by atoms with van der Waals surface area (Å²) < 4.78 is 2.91. The van der Waals surface area contributed by atoms with E-state index >= 15 is 0 Å². The highest BCUT2D eigenvalue weighted by Gasteiger charge is 2.22. The first-order valence-electron chi connectivity index (χ1n) is 10.5. The van der Waals surface area contributed by atoms with Gasteiger partial charge in [-0.2, -0.15) is 0 Å². The van der Waals surface area contributed by atoms with Gasteiger partial charge in [0.2, 0.25) is 5.91 Å². The molecule has 0 bridgehead atoms. The quantitative estimate of drug-likeness (QED) is 0.517. The van der Waals surface area contributed by atoms with Crippen LogP contribution in [0.4, 0.5) is 10.5 Å². The van der Waals surface area contributed by atoms with E-state index in [0.717, 1.165) is 23.0 Å². The van der Waals surface area contributed by atoms with Gasteiger partial charge in [0.25, 0.3) is 0 Å². The summed E-state index contributed by atoms with van der Waals surface area (Å²) in [5.41, 5.74) is 1.77. The van der Waals surface area contributed by atoms with Crippen LogP contribution in [-0.4, -0.2) is 45.9 Å². The molecule has 6 nitrogen and oxygen atoms in total. The summed E-state index contributed by atoms with van der Waals surface area (Å²) in [4.78, 5) is 29.6. The fourth-order valence-corrected chi connectivity index (χ4v) is 3.59. The second kappa shape index (κ2) is 11.8. The number of carbonyl (C=O) groups is 2. The Balaban J connectivity index is 2.11. The van der Waals surface area contributed by atoms with Gasteiger partial charge in [0.15, 0.2) is 0 Å². The van der Waals surface area contributed by atoms with Crippen molar-refractivity contribution in [2.24, 2.45) is 13.0 Å². The van der Waals surface area contributed by atoms with Gasteiger partial charge in [-0.3, -0.25) is 4.79 Å². The van der Waals surface area contributed by atoms with Gasteiger partial charge in [0.1, 0.15) is 6.54 Å². The van der Waals surface area contributed by atoms with E-state index in [1.807, 2.05) is 73.0 Å². The number of aryl methyl sites for hydroxylation is 1. The molecule has 1 heterocycles. The number of benzene rings is 1. The first-order chi connectivity index (χ1) is 14.3. The van der Waals surface area contributed by atoms with Crippen LogP contribution in [-0.2, 0) is 18.4 Å². The number of nitrogens with one attached hydrogen (secondary N) is 1. The highest BCUT2D eigenvalue weighted by molar-refractivity contribution is 9.10. The zero-order chi connectivity index (χ0) is 22.1. The number of hydrogen-bond donors (Lipinski definition) is 1. The topological polar surface area (TPSA) is 57.6 Å². The zero-order valence-electron chi connectivity index (χ0n) is 18.4. The molecule has 2 aromatic rings. The van der Waals surface area contributed by atoms with Crippen LogP contribution >= 0.6 is 15.9 Å². The summed E-state index contributed by atoms with van der Waals surface area (Å²) in [6, 6.07) is 11.2. The molecule has 1 aromatic carbocycles. The van der Waals surface area contributed by atoms with Gasteiger partial charge in [-0.1, -0.05) is 49.2 Å². The molecule has 0 saturated heterocycles. The van der Waals surface area contributed by atoms with Crippen LogP contribution in [0.15, 0.2) is 47.1 Å². The summed E-state index contributed by atoms with van der Waals surface area (Å²) in [6.45, 7) is 8.00. The number of amides is 3. The molecule has 1 aromatic heterocycles. The molecule has 0 atom stereocenters. The first kappa shape index (κ1) is 24.0. The fraction of sp³-hybridized carbons (Fsp3) is 0.478. The maximum Gasteiger partial charge on any atom is 0.322 e. The van der Waals surface area contributed by atoms with Gasteiger partial charge >= 0.3 is 6.03 Å². The lowest BCUT2D eigenvalue weighted by Gasteiger charge is -2.29. The zero-order valence-corrected chi connectivity index (χ0v) is 20.0. The second-order valence-electron chi connectivity index (χ2n) is 7.99. The van der Waals surface area contributed by atoms with Gasteiger partial charge in [-0.25, -0.2) is 4.79 Å². The van der Waals surface area contributed by atoms with Crippen molar-refractivity contribution in [3.8, 4) is 0 Å². The number of rotatable bonds is 10. The van der Waals surface area contributed by atoms with Crippen molar-refractivity contribution in [2.75, 3.05) is 25.0 Å². The van der Waals surface area contributed by atoms with Crippen molar-refractivity contribution in [1.29, 1.82) is 0 Å². The van der Waals surface area contributed by atoms with E-state index in [1.165, 1.54) is 0 Å². The molecule has 0 aliphatic carbocycles. The lowest BCUT2D eigenvalue weighted by atomic mass is 10.2. The minimum atomic E-state index is -0.260. The average Bonchev–Trinajstić information content (AvgIpc) is 3.08. The number of hydrogen-bond acceptors (Lipinski definition) is 2. The number of unbranched alkanes of at least 4 members (excludes halogenated alkanes) is 1. The van der Waals surface area contributed by atoms with E-state index in [2.05, 4.69) is 28.2 Å². The van der Waals surface area contributed by atoms with Crippen molar-refractivity contribution < 1.29 is 9.59 Å². The normalized spacial score (nSPS) is 10.9. The van der Waals surface area contributed by atoms with E-state index < -0.39 is 0 Å². The van der Waals surface area contributed by atoms with Crippen molar-refractivity contribution in [1.82, 2.24) is 14.4 Å². The number of halogens is 1. The third-order valence-corrected chi connectivity index (χ3v) is 5.31. The maximum atomic E-state index is 13.2. The smallest absolute Gasteiger partial charge is 0.322 e.